The Bertz CT molecular complexity index is 940. The van der Waals surface area contributed by atoms with Crippen LogP contribution in [-0.4, -0.2) is 35.4 Å². The maximum absolute atomic E-state index is 13.2. The Hall–Kier alpha value is -2.24. The van der Waals surface area contributed by atoms with Gasteiger partial charge in [0.25, 0.3) is 5.91 Å². The van der Waals surface area contributed by atoms with Gasteiger partial charge in [0.15, 0.2) is 6.61 Å². The van der Waals surface area contributed by atoms with Gasteiger partial charge < -0.3 is 15.0 Å². The van der Waals surface area contributed by atoms with Crippen LogP contribution in [0.3, 0.4) is 0 Å². The van der Waals surface area contributed by atoms with Crippen molar-refractivity contribution in [2.24, 2.45) is 0 Å². The fourth-order valence-corrected chi connectivity index (χ4v) is 3.73. The first-order valence-corrected chi connectivity index (χ1v) is 11.0. The second kappa shape index (κ2) is 10.9. The molecule has 0 radical (unpaired) electrons. The third-order valence-corrected chi connectivity index (χ3v) is 5.81. The summed E-state index contributed by atoms with van der Waals surface area (Å²) < 4.78 is 5.86. The van der Waals surface area contributed by atoms with Gasteiger partial charge in [-0.05, 0) is 76.4 Å². The molecule has 1 atom stereocenters. The van der Waals surface area contributed by atoms with E-state index < -0.39 is 6.04 Å². The number of nitrogens with one attached hydrogen (secondary N) is 1. The van der Waals surface area contributed by atoms with Crippen LogP contribution in [0.1, 0.15) is 43.0 Å². The summed E-state index contributed by atoms with van der Waals surface area (Å²) in [5, 5.41) is 3.73. The molecule has 0 spiro atoms. The van der Waals surface area contributed by atoms with E-state index in [-0.39, 0.29) is 31.0 Å². The van der Waals surface area contributed by atoms with Gasteiger partial charge in [-0.2, -0.15) is 0 Å². The van der Waals surface area contributed by atoms with Gasteiger partial charge in [-0.25, -0.2) is 0 Å². The summed E-state index contributed by atoms with van der Waals surface area (Å²) >= 11 is 12.6. The minimum Gasteiger partial charge on any atom is -0.483 e. The van der Waals surface area contributed by atoms with E-state index in [2.05, 4.69) is 11.4 Å². The summed E-state index contributed by atoms with van der Waals surface area (Å²) in [5.74, 6) is 0.0657. The highest BCUT2D eigenvalue weighted by Gasteiger charge is 2.28. The number of carbonyl (C=O) groups is 2. The zero-order valence-electron chi connectivity index (χ0n) is 18.9. The molecule has 0 aliphatic heterocycles. The van der Waals surface area contributed by atoms with Gasteiger partial charge in [0.1, 0.15) is 11.8 Å². The van der Waals surface area contributed by atoms with Crippen molar-refractivity contribution < 1.29 is 14.3 Å². The van der Waals surface area contributed by atoms with Gasteiger partial charge in [-0.3, -0.25) is 9.59 Å². The molecule has 31 heavy (non-hydrogen) atoms. The molecule has 0 aliphatic carbocycles. The smallest absolute Gasteiger partial charge is 0.261 e. The number of aryl methyl sites for hydroxylation is 2. The molecule has 2 amide bonds. The summed E-state index contributed by atoms with van der Waals surface area (Å²) in [5.41, 5.74) is 3.71. The second-order valence-electron chi connectivity index (χ2n) is 8.05. The molecule has 1 N–H and O–H groups in total. The van der Waals surface area contributed by atoms with Crippen LogP contribution in [-0.2, 0) is 16.1 Å². The normalized spacial score (nSPS) is 11.9. The predicted molar refractivity (Wildman–Crippen MR) is 126 cm³/mol. The quantitative estimate of drug-likeness (QED) is 0.580. The van der Waals surface area contributed by atoms with Crippen LogP contribution in [0.15, 0.2) is 30.3 Å². The molecule has 1 unspecified atom stereocenters. The van der Waals surface area contributed by atoms with Crippen LogP contribution in [0.2, 0.25) is 10.0 Å². The Kier molecular flexibility index (Phi) is 8.78. The molecule has 0 aromatic heterocycles. The Morgan fingerprint density at radius 3 is 2.26 bits per heavy atom. The fraction of sp³-hybridized carbons (Fsp3) is 0.417. The number of nitrogens with zero attached hydrogens (tertiary/aromatic N) is 1. The van der Waals surface area contributed by atoms with Crippen molar-refractivity contribution in [2.75, 3.05) is 6.61 Å². The van der Waals surface area contributed by atoms with E-state index in [4.69, 9.17) is 27.9 Å². The maximum Gasteiger partial charge on any atom is 0.261 e. The summed E-state index contributed by atoms with van der Waals surface area (Å²) in [6, 6.07) is 8.34. The molecule has 0 aliphatic rings. The lowest BCUT2D eigenvalue weighted by atomic mass is 10.1. The largest absolute Gasteiger partial charge is 0.483 e. The second-order valence-corrected chi connectivity index (χ2v) is 8.87. The molecule has 5 nitrogen and oxygen atoms in total. The number of amides is 2. The average molecular weight is 465 g/mol. The minimum absolute atomic E-state index is 0.0510. The standard InChI is InChI=1S/C24H30Cl2N2O3/c1-14(2)27-24(30)18(6)28(12-19-20(25)8-7-9-21(19)26)23(29)13-31-22-11-15(3)10-16(4)17(22)5/h7-11,14,18H,12-13H2,1-6H3,(H,27,30). The van der Waals surface area contributed by atoms with E-state index in [1.165, 1.54) is 4.90 Å². The SMILES string of the molecule is Cc1cc(C)c(C)c(OCC(=O)N(Cc2c(Cl)cccc2Cl)C(C)C(=O)NC(C)C)c1. The van der Waals surface area contributed by atoms with E-state index >= 15 is 0 Å². The average Bonchev–Trinajstić information content (AvgIpc) is 2.68. The predicted octanol–water partition coefficient (Wildman–Crippen LogP) is 5.24. The van der Waals surface area contributed by atoms with Crippen LogP contribution in [0.5, 0.6) is 5.75 Å². The summed E-state index contributed by atoms with van der Waals surface area (Å²) in [4.78, 5) is 27.3. The van der Waals surface area contributed by atoms with Crippen molar-refractivity contribution in [3.05, 3.63) is 62.6 Å². The molecule has 2 aromatic carbocycles. The van der Waals surface area contributed by atoms with Crippen molar-refractivity contribution in [3.63, 3.8) is 0 Å². The summed E-state index contributed by atoms with van der Waals surface area (Å²) in [6.07, 6.45) is 0. The third kappa shape index (κ3) is 6.62. The van der Waals surface area contributed by atoms with Gasteiger partial charge >= 0.3 is 0 Å². The van der Waals surface area contributed by atoms with E-state index in [0.29, 0.717) is 21.4 Å². The Labute approximate surface area is 194 Å². The molecule has 7 heteroatoms. The molecule has 2 aromatic rings. The van der Waals surface area contributed by atoms with Crippen molar-refractivity contribution in [1.29, 1.82) is 0 Å². The van der Waals surface area contributed by atoms with E-state index in [0.717, 1.165) is 16.7 Å². The molecular formula is C24H30Cl2N2O3. The van der Waals surface area contributed by atoms with Gasteiger partial charge in [0, 0.05) is 28.2 Å². The number of rotatable bonds is 8. The van der Waals surface area contributed by atoms with E-state index in [1.807, 2.05) is 40.7 Å². The molecule has 0 heterocycles. The monoisotopic (exact) mass is 464 g/mol. The van der Waals surface area contributed by atoms with Crippen LogP contribution in [0.4, 0.5) is 0 Å². The first-order chi connectivity index (χ1) is 14.5. The lowest BCUT2D eigenvalue weighted by Crippen LogP contribution is -2.50. The topological polar surface area (TPSA) is 58.6 Å². The fourth-order valence-electron chi connectivity index (χ4n) is 3.21. The van der Waals surface area contributed by atoms with Crippen LogP contribution in [0.25, 0.3) is 0 Å². The number of halogens is 2. The van der Waals surface area contributed by atoms with Crippen molar-refractivity contribution in [2.45, 2.75) is 60.2 Å². The van der Waals surface area contributed by atoms with E-state index in [9.17, 15) is 9.59 Å². The zero-order valence-corrected chi connectivity index (χ0v) is 20.4. The Balaban J connectivity index is 2.28. The van der Waals surface area contributed by atoms with Gasteiger partial charge in [0.2, 0.25) is 5.91 Å². The summed E-state index contributed by atoms with van der Waals surface area (Å²) in [6.45, 7) is 11.2. The highest BCUT2D eigenvalue weighted by atomic mass is 35.5. The van der Waals surface area contributed by atoms with Gasteiger partial charge in [-0.1, -0.05) is 35.3 Å². The van der Waals surface area contributed by atoms with Crippen LogP contribution < -0.4 is 10.1 Å². The van der Waals surface area contributed by atoms with Crippen molar-refractivity contribution in [3.8, 4) is 5.75 Å². The lowest BCUT2D eigenvalue weighted by molar-refractivity contribution is -0.142. The molecular weight excluding hydrogens is 435 g/mol. The molecule has 168 valence electrons. The molecule has 2 rings (SSSR count). The number of benzene rings is 2. The highest BCUT2D eigenvalue weighted by molar-refractivity contribution is 6.36. The molecule has 0 saturated heterocycles. The first kappa shape index (κ1) is 25.0. The highest BCUT2D eigenvalue weighted by Crippen LogP contribution is 2.27. The summed E-state index contributed by atoms with van der Waals surface area (Å²) in [7, 11) is 0. The third-order valence-electron chi connectivity index (χ3n) is 5.10. The zero-order chi connectivity index (χ0) is 23.3. The lowest BCUT2D eigenvalue weighted by Gasteiger charge is -2.30. The number of ether oxygens (including phenoxy) is 1. The molecule has 0 fully saturated rings. The number of carbonyl (C=O) groups excluding carboxylic acids is 2. The Morgan fingerprint density at radius 2 is 1.68 bits per heavy atom. The number of hydrogen-bond donors (Lipinski definition) is 1. The van der Waals surface area contributed by atoms with Crippen molar-refractivity contribution >= 4 is 35.0 Å². The van der Waals surface area contributed by atoms with Crippen LogP contribution >= 0.6 is 23.2 Å². The van der Waals surface area contributed by atoms with Gasteiger partial charge in [0.05, 0.1) is 0 Å². The minimum atomic E-state index is -0.730. The first-order valence-electron chi connectivity index (χ1n) is 10.2. The van der Waals surface area contributed by atoms with Crippen LogP contribution in [0, 0.1) is 20.8 Å². The number of hydrogen-bond acceptors (Lipinski definition) is 3. The van der Waals surface area contributed by atoms with Crippen molar-refractivity contribution in [1.82, 2.24) is 10.2 Å². The Morgan fingerprint density at radius 1 is 1.06 bits per heavy atom. The maximum atomic E-state index is 13.2. The molecule has 0 bridgehead atoms. The van der Waals surface area contributed by atoms with E-state index in [1.54, 1.807) is 25.1 Å². The van der Waals surface area contributed by atoms with Gasteiger partial charge in [-0.15, -0.1) is 0 Å². The molecule has 0 saturated carbocycles.